The maximum Gasteiger partial charge on any atom is 0.349 e. The third-order valence-corrected chi connectivity index (χ3v) is 5.22. The SMILES string of the molecule is COc1cc(OC)c(/C=C/S(=O)(=O)Nc2ccc(OC)c(OC(=O)COC(C)=O)c2)c(OC)c1. The van der Waals surface area contributed by atoms with Crippen molar-refractivity contribution >= 4 is 33.7 Å². The molecule has 0 atom stereocenters. The van der Waals surface area contributed by atoms with E-state index in [2.05, 4.69) is 9.46 Å². The Morgan fingerprint density at radius 1 is 0.882 bits per heavy atom. The maximum atomic E-state index is 12.7. The summed E-state index contributed by atoms with van der Waals surface area (Å²) in [5, 5.41) is 0.927. The van der Waals surface area contributed by atoms with Gasteiger partial charge in [-0.25, -0.2) is 13.2 Å². The van der Waals surface area contributed by atoms with Gasteiger partial charge in [0.1, 0.15) is 17.2 Å². The summed E-state index contributed by atoms with van der Waals surface area (Å²) in [7, 11) is 1.68. The first-order chi connectivity index (χ1) is 16.1. The van der Waals surface area contributed by atoms with Gasteiger partial charge in [-0.3, -0.25) is 9.52 Å². The second kappa shape index (κ2) is 11.8. The molecular formula is C22H25NO10S. The third-order valence-electron chi connectivity index (χ3n) is 4.21. The zero-order valence-corrected chi connectivity index (χ0v) is 20.1. The molecule has 0 saturated carbocycles. The number of rotatable bonds is 11. The molecule has 0 aliphatic carbocycles. The van der Waals surface area contributed by atoms with E-state index < -0.39 is 28.6 Å². The Kier molecular flexibility index (Phi) is 9.13. The molecule has 0 bridgehead atoms. The number of sulfonamides is 1. The standard InChI is InChI=1S/C22H25NO10S/c1-14(24)32-13-22(25)33-21-10-15(6-7-18(21)29-3)23-34(26,27)9-8-17-19(30-4)11-16(28-2)12-20(17)31-5/h6-12,23H,13H2,1-5H3/b9-8+. The van der Waals surface area contributed by atoms with Crippen LogP contribution in [0.15, 0.2) is 35.7 Å². The minimum absolute atomic E-state index is 0.0673. The van der Waals surface area contributed by atoms with Crippen LogP contribution in [0.5, 0.6) is 28.7 Å². The van der Waals surface area contributed by atoms with E-state index in [0.717, 1.165) is 12.3 Å². The summed E-state index contributed by atoms with van der Waals surface area (Å²) in [6.45, 7) is 0.538. The Morgan fingerprint density at radius 3 is 2.03 bits per heavy atom. The Hall–Kier alpha value is -3.93. The van der Waals surface area contributed by atoms with E-state index >= 15 is 0 Å². The van der Waals surface area contributed by atoms with E-state index in [0.29, 0.717) is 22.8 Å². The topological polar surface area (TPSA) is 136 Å². The number of esters is 2. The predicted octanol–water partition coefficient (Wildman–Crippen LogP) is 2.60. The monoisotopic (exact) mass is 495 g/mol. The molecular weight excluding hydrogens is 470 g/mol. The number of anilines is 1. The van der Waals surface area contributed by atoms with Gasteiger partial charge in [0.15, 0.2) is 18.1 Å². The molecule has 1 N–H and O–H groups in total. The quantitative estimate of drug-likeness (QED) is 0.366. The molecule has 0 heterocycles. The van der Waals surface area contributed by atoms with Crippen LogP contribution >= 0.6 is 0 Å². The fourth-order valence-corrected chi connectivity index (χ4v) is 3.52. The maximum absolute atomic E-state index is 12.7. The smallest absolute Gasteiger partial charge is 0.349 e. The molecule has 184 valence electrons. The second-order valence-corrected chi connectivity index (χ2v) is 8.08. The van der Waals surface area contributed by atoms with Gasteiger partial charge in [-0.05, 0) is 18.2 Å². The van der Waals surface area contributed by atoms with E-state index in [4.69, 9.17) is 23.7 Å². The molecule has 11 nitrogen and oxygen atoms in total. The summed E-state index contributed by atoms with van der Waals surface area (Å²) in [5.74, 6) is -0.261. The lowest BCUT2D eigenvalue weighted by atomic mass is 10.1. The number of ether oxygens (including phenoxy) is 6. The van der Waals surface area contributed by atoms with Crippen LogP contribution < -0.4 is 28.4 Å². The van der Waals surface area contributed by atoms with Crippen LogP contribution in [-0.2, 0) is 24.3 Å². The summed E-state index contributed by atoms with van der Waals surface area (Å²) in [5.41, 5.74) is 0.473. The van der Waals surface area contributed by atoms with E-state index in [1.165, 1.54) is 52.7 Å². The first-order valence-corrected chi connectivity index (χ1v) is 11.2. The molecule has 0 aliphatic heterocycles. The molecule has 34 heavy (non-hydrogen) atoms. The van der Waals surface area contributed by atoms with E-state index in [-0.39, 0.29) is 17.2 Å². The molecule has 2 aromatic rings. The normalized spacial score (nSPS) is 11.0. The minimum Gasteiger partial charge on any atom is -0.496 e. The average Bonchev–Trinajstić information content (AvgIpc) is 2.80. The third kappa shape index (κ3) is 7.30. The molecule has 0 spiro atoms. The van der Waals surface area contributed by atoms with Crippen molar-refractivity contribution in [3.8, 4) is 28.7 Å². The summed E-state index contributed by atoms with van der Waals surface area (Å²) >= 11 is 0. The number of hydrogen-bond acceptors (Lipinski definition) is 10. The first-order valence-electron chi connectivity index (χ1n) is 9.65. The van der Waals surface area contributed by atoms with Gasteiger partial charge in [0.2, 0.25) is 0 Å². The van der Waals surface area contributed by atoms with Crippen LogP contribution in [0.4, 0.5) is 5.69 Å². The van der Waals surface area contributed by atoms with E-state index in [1.54, 1.807) is 12.1 Å². The molecule has 12 heteroatoms. The van der Waals surface area contributed by atoms with Crippen LogP contribution in [-0.4, -0.2) is 55.4 Å². The second-order valence-electron chi connectivity index (χ2n) is 6.52. The summed E-state index contributed by atoms with van der Waals surface area (Å²) in [6.07, 6.45) is 1.31. The molecule has 0 unspecified atom stereocenters. The Morgan fingerprint density at radius 2 is 1.50 bits per heavy atom. The molecule has 0 amide bonds. The van der Waals surface area contributed by atoms with E-state index in [1.807, 2.05) is 0 Å². The molecule has 2 aromatic carbocycles. The molecule has 0 radical (unpaired) electrons. The summed E-state index contributed by atoms with van der Waals surface area (Å²) in [4.78, 5) is 22.7. The lowest BCUT2D eigenvalue weighted by Gasteiger charge is -2.13. The zero-order chi connectivity index (χ0) is 25.3. The zero-order valence-electron chi connectivity index (χ0n) is 19.2. The lowest BCUT2D eigenvalue weighted by molar-refractivity contribution is -0.152. The lowest BCUT2D eigenvalue weighted by Crippen LogP contribution is -2.18. The molecule has 2 rings (SSSR count). The van der Waals surface area contributed by atoms with Gasteiger partial charge < -0.3 is 28.4 Å². The van der Waals surface area contributed by atoms with Crippen LogP contribution in [0.3, 0.4) is 0 Å². The van der Waals surface area contributed by atoms with Crippen LogP contribution in [0, 0.1) is 0 Å². The predicted molar refractivity (Wildman–Crippen MR) is 123 cm³/mol. The highest BCUT2D eigenvalue weighted by atomic mass is 32.2. The Balaban J connectivity index is 2.27. The highest BCUT2D eigenvalue weighted by Gasteiger charge is 2.16. The van der Waals surface area contributed by atoms with Gasteiger partial charge in [0, 0.05) is 25.1 Å². The van der Waals surface area contributed by atoms with Crippen LogP contribution in [0.1, 0.15) is 12.5 Å². The van der Waals surface area contributed by atoms with Gasteiger partial charge in [-0.15, -0.1) is 0 Å². The number of carbonyl (C=O) groups is 2. The number of methoxy groups -OCH3 is 4. The average molecular weight is 496 g/mol. The molecule has 0 fully saturated rings. The first kappa shape index (κ1) is 26.3. The number of benzene rings is 2. The van der Waals surface area contributed by atoms with Crippen molar-refractivity contribution in [1.29, 1.82) is 0 Å². The number of nitrogens with one attached hydrogen (secondary N) is 1. The van der Waals surface area contributed by atoms with Gasteiger partial charge in [-0.2, -0.15) is 0 Å². The van der Waals surface area contributed by atoms with Gasteiger partial charge >= 0.3 is 11.9 Å². The van der Waals surface area contributed by atoms with Gasteiger partial charge in [0.25, 0.3) is 10.0 Å². The largest absolute Gasteiger partial charge is 0.496 e. The minimum atomic E-state index is -4.01. The van der Waals surface area contributed by atoms with Gasteiger partial charge in [-0.1, -0.05) is 0 Å². The van der Waals surface area contributed by atoms with Crippen molar-refractivity contribution in [3.05, 3.63) is 41.3 Å². The fraction of sp³-hybridized carbons (Fsp3) is 0.273. The highest BCUT2D eigenvalue weighted by Crippen LogP contribution is 2.35. The van der Waals surface area contributed by atoms with Crippen LogP contribution in [0.25, 0.3) is 6.08 Å². The molecule has 0 aliphatic rings. The summed E-state index contributed by atoms with van der Waals surface area (Å²) < 4.78 is 58.3. The van der Waals surface area contributed by atoms with Crippen molar-refractivity contribution in [2.24, 2.45) is 0 Å². The highest BCUT2D eigenvalue weighted by molar-refractivity contribution is 7.95. The molecule has 0 aromatic heterocycles. The van der Waals surface area contributed by atoms with E-state index in [9.17, 15) is 18.0 Å². The van der Waals surface area contributed by atoms with Crippen molar-refractivity contribution in [1.82, 2.24) is 0 Å². The van der Waals surface area contributed by atoms with Crippen molar-refractivity contribution in [2.75, 3.05) is 39.8 Å². The molecule has 0 saturated heterocycles. The number of carbonyl (C=O) groups excluding carboxylic acids is 2. The van der Waals surface area contributed by atoms with Crippen LogP contribution in [0.2, 0.25) is 0 Å². The fourth-order valence-electron chi connectivity index (χ4n) is 2.69. The number of hydrogen-bond donors (Lipinski definition) is 1. The summed E-state index contributed by atoms with van der Waals surface area (Å²) in [6, 6.07) is 7.25. The Labute approximate surface area is 197 Å². The van der Waals surface area contributed by atoms with Crippen molar-refractivity contribution < 1.29 is 46.4 Å². The van der Waals surface area contributed by atoms with Crippen molar-refractivity contribution in [3.63, 3.8) is 0 Å². The Bertz CT molecular complexity index is 1150. The van der Waals surface area contributed by atoms with Gasteiger partial charge in [0.05, 0.1) is 45.1 Å². The van der Waals surface area contributed by atoms with Crippen molar-refractivity contribution in [2.45, 2.75) is 6.92 Å².